The standard InChI is InChI=1S/C12H7F3N2O4/c13-12(14,15)11(18)5-7-3-4-21-10-6-8(17(19)20)1-2-9(10)16-7/h1-6,16H/b7-5+. The summed E-state index contributed by atoms with van der Waals surface area (Å²) in [6, 6.07) is 3.54. The van der Waals surface area contributed by atoms with E-state index in [1.807, 2.05) is 0 Å². The fraction of sp³-hybridized carbons (Fsp3) is 0.0833. The van der Waals surface area contributed by atoms with Gasteiger partial charge in [0.05, 0.1) is 22.9 Å². The Balaban J connectivity index is 2.31. The SMILES string of the molecule is O=C(/C=C1\C=COc2cc([N+](=O)[O-])ccc2N1)C(F)(F)F. The summed E-state index contributed by atoms with van der Waals surface area (Å²) in [5.74, 6) is -1.97. The van der Waals surface area contributed by atoms with Gasteiger partial charge in [0.25, 0.3) is 11.5 Å². The van der Waals surface area contributed by atoms with Gasteiger partial charge in [-0.05, 0) is 12.1 Å². The van der Waals surface area contributed by atoms with Crippen LogP contribution in [0.4, 0.5) is 24.5 Å². The van der Waals surface area contributed by atoms with Crippen LogP contribution in [0.15, 0.2) is 42.3 Å². The summed E-state index contributed by atoms with van der Waals surface area (Å²) < 4.78 is 41.6. The van der Waals surface area contributed by atoms with Crippen LogP contribution < -0.4 is 10.1 Å². The van der Waals surface area contributed by atoms with Crippen LogP contribution in [0, 0.1) is 10.1 Å². The molecule has 1 aliphatic heterocycles. The highest BCUT2D eigenvalue weighted by molar-refractivity contribution is 5.95. The van der Waals surface area contributed by atoms with E-state index in [4.69, 9.17) is 4.74 Å². The van der Waals surface area contributed by atoms with Crippen molar-refractivity contribution in [3.8, 4) is 5.75 Å². The van der Waals surface area contributed by atoms with Crippen LogP contribution in [0.1, 0.15) is 0 Å². The Morgan fingerprint density at radius 1 is 1.38 bits per heavy atom. The predicted octanol–water partition coefficient (Wildman–Crippen LogP) is 2.93. The Morgan fingerprint density at radius 2 is 2.10 bits per heavy atom. The highest BCUT2D eigenvalue weighted by atomic mass is 19.4. The summed E-state index contributed by atoms with van der Waals surface area (Å²) in [4.78, 5) is 20.9. The molecule has 1 aromatic rings. The number of nitrogens with zero attached hydrogens (tertiary/aromatic N) is 1. The number of ketones is 1. The maximum absolute atomic E-state index is 12.2. The maximum atomic E-state index is 12.2. The van der Waals surface area contributed by atoms with Gasteiger partial charge in [0.15, 0.2) is 5.75 Å². The average molecular weight is 300 g/mol. The minimum atomic E-state index is -4.98. The molecule has 0 amide bonds. The lowest BCUT2D eigenvalue weighted by Gasteiger charge is -2.08. The molecule has 6 nitrogen and oxygen atoms in total. The normalized spacial score (nSPS) is 15.7. The average Bonchev–Trinajstić information content (AvgIpc) is 2.58. The van der Waals surface area contributed by atoms with E-state index in [0.717, 1.165) is 24.5 Å². The van der Waals surface area contributed by atoms with Gasteiger partial charge in [0.2, 0.25) is 0 Å². The minimum absolute atomic E-state index is 0.0586. The van der Waals surface area contributed by atoms with Crippen molar-refractivity contribution in [2.45, 2.75) is 6.18 Å². The number of nitro groups is 1. The van der Waals surface area contributed by atoms with Gasteiger partial charge in [0.1, 0.15) is 0 Å². The molecule has 0 atom stereocenters. The second kappa shape index (κ2) is 5.27. The number of fused-ring (bicyclic) bond motifs is 1. The fourth-order valence-electron chi connectivity index (χ4n) is 1.51. The maximum Gasteiger partial charge on any atom is 0.454 e. The molecule has 0 radical (unpaired) electrons. The first kappa shape index (κ1) is 14.6. The van der Waals surface area contributed by atoms with Crippen LogP contribution in [0.25, 0.3) is 0 Å². The second-order valence-electron chi connectivity index (χ2n) is 3.94. The summed E-state index contributed by atoms with van der Waals surface area (Å²) in [5, 5.41) is 13.2. The number of non-ortho nitro benzene ring substituents is 1. The zero-order chi connectivity index (χ0) is 15.6. The zero-order valence-corrected chi connectivity index (χ0v) is 10.2. The van der Waals surface area contributed by atoms with Gasteiger partial charge in [-0.1, -0.05) is 0 Å². The molecule has 1 aliphatic rings. The molecule has 2 rings (SSSR count). The molecule has 0 aromatic heterocycles. The van der Waals surface area contributed by atoms with Crippen molar-refractivity contribution in [1.29, 1.82) is 0 Å². The first-order chi connectivity index (χ1) is 9.77. The van der Waals surface area contributed by atoms with Crippen molar-refractivity contribution in [1.82, 2.24) is 0 Å². The Morgan fingerprint density at radius 3 is 2.71 bits per heavy atom. The second-order valence-corrected chi connectivity index (χ2v) is 3.94. The molecule has 1 heterocycles. The molecule has 0 aliphatic carbocycles. The van der Waals surface area contributed by atoms with Crippen LogP contribution in [-0.4, -0.2) is 16.9 Å². The van der Waals surface area contributed by atoms with E-state index in [1.165, 1.54) is 6.07 Å². The molecule has 0 saturated heterocycles. The first-order valence-corrected chi connectivity index (χ1v) is 5.49. The quantitative estimate of drug-likeness (QED) is 0.516. The number of hydrogen-bond acceptors (Lipinski definition) is 5. The molecule has 9 heteroatoms. The number of rotatable bonds is 2. The number of nitrogens with one attached hydrogen (secondary N) is 1. The van der Waals surface area contributed by atoms with E-state index in [9.17, 15) is 28.1 Å². The molecule has 0 saturated carbocycles. The van der Waals surface area contributed by atoms with E-state index < -0.39 is 16.9 Å². The Kier molecular flexibility index (Phi) is 3.66. The Bertz CT molecular complexity index is 665. The van der Waals surface area contributed by atoms with E-state index in [2.05, 4.69) is 5.32 Å². The number of ether oxygens (including phenoxy) is 1. The van der Waals surface area contributed by atoms with Gasteiger partial charge < -0.3 is 10.1 Å². The number of carbonyl (C=O) groups excluding carboxylic acids is 1. The number of hydrogen-bond donors (Lipinski definition) is 1. The van der Waals surface area contributed by atoms with E-state index >= 15 is 0 Å². The molecule has 0 fully saturated rings. The zero-order valence-electron chi connectivity index (χ0n) is 10.2. The van der Waals surface area contributed by atoms with Gasteiger partial charge in [-0.25, -0.2) is 0 Å². The molecule has 110 valence electrons. The van der Waals surface area contributed by atoms with Gasteiger partial charge in [-0.3, -0.25) is 14.9 Å². The molecule has 21 heavy (non-hydrogen) atoms. The number of allylic oxidation sites excluding steroid dienone is 2. The van der Waals surface area contributed by atoms with Crippen molar-refractivity contribution < 1.29 is 27.6 Å². The topological polar surface area (TPSA) is 81.5 Å². The fourth-order valence-corrected chi connectivity index (χ4v) is 1.51. The number of nitro benzene ring substituents is 1. The third-order valence-electron chi connectivity index (χ3n) is 2.46. The van der Waals surface area contributed by atoms with Crippen LogP contribution >= 0.6 is 0 Å². The van der Waals surface area contributed by atoms with Crippen molar-refractivity contribution in [3.05, 3.63) is 52.4 Å². The van der Waals surface area contributed by atoms with Gasteiger partial charge in [0, 0.05) is 17.8 Å². The van der Waals surface area contributed by atoms with Crippen molar-refractivity contribution in [2.24, 2.45) is 0 Å². The molecular formula is C12H7F3N2O4. The third kappa shape index (κ3) is 3.38. The number of anilines is 1. The molecule has 0 unspecified atom stereocenters. The summed E-state index contributed by atoms with van der Waals surface area (Å²) in [6.45, 7) is 0. The van der Waals surface area contributed by atoms with Crippen molar-refractivity contribution in [3.63, 3.8) is 0 Å². The van der Waals surface area contributed by atoms with E-state index in [1.54, 1.807) is 0 Å². The van der Waals surface area contributed by atoms with Crippen LogP contribution in [-0.2, 0) is 4.79 Å². The Labute approximate surface area is 115 Å². The Hall–Kier alpha value is -2.84. The summed E-state index contributed by atoms with van der Waals surface area (Å²) >= 11 is 0. The van der Waals surface area contributed by atoms with Crippen LogP contribution in [0.2, 0.25) is 0 Å². The van der Waals surface area contributed by atoms with Gasteiger partial charge >= 0.3 is 6.18 Å². The smallest absolute Gasteiger partial charge is 0.454 e. The highest BCUT2D eigenvalue weighted by Crippen LogP contribution is 2.32. The number of carbonyl (C=O) groups is 1. The molecule has 1 aromatic carbocycles. The number of alkyl halides is 3. The molecule has 1 N–H and O–H groups in total. The lowest BCUT2D eigenvalue weighted by Crippen LogP contribution is -2.21. The lowest BCUT2D eigenvalue weighted by atomic mass is 10.2. The van der Waals surface area contributed by atoms with Gasteiger partial charge in [-0.2, -0.15) is 13.2 Å². The summed E-state index contributed by atoms with van der Waals surface area (Å²) in [5.41, 5.74) is -0.181. The predicted molar refractivity (Wildman–Crippen MR) is 65.6 cm³/mol. The molecular weight excluding hydrogens is 293 g/mol. The van der Waals surface area contributed by atoms with Crippen molar-refractivity contribution >= 4 is 17.2 Å². The molecule has 0 spiro atoms. The van der Waals surface area contributed by atoms with Crippen molar-refractivity contribution in [2.75, 3.05) is 5.32 Å². The lowest BCUT2D eigenvalue weighted by molar-refractivity contribution is -0.384. The van der Waals surface area contributed by atoms with E-state index in [-0.39, 0.29) is 22.8 Å². The largest absolute Gasteiger partial charge is 0.462 e. The third-order valence-corrected chi connectivity index (χ3v) is 2.46. The number of halogens is 3. The van der Waals surface area contributed by atoms with Crippen LogP contribution in [0.5, 0.6) is 5.75 Å². The minimum Gasteiger partial charge on any atom is -0.462 e. The van der Waals surface area contributed by atoms with Crippen LogP contribution in [0.3, 0.4) is 0 Å². The number of benzene rings is 1. The monoisotopic (exact) mass is 300 g/mol. The molecule has 0 bridgehead atoms. The first-order valence-electron chi connectivity index (χ1n) is 5.49. The van der Waals surface area contributed by atoms with E-state index in [0.29, 0.717) is 6.08 Å². The van der Waals surface area contributed by atoms with Gasteiger partial charge in [-0.15, -0.1) is 0 Å². The summed E-state index contributed by atoms with van der Waals surface area (Å²) in [7, 11) is 0. The highest BCUT2D eigenvalue weighted by Gasteiger charge is 2.36. The summed E-state index contributed by atoms with van der Waals surface area (Å²) in [6.07, 6.45) is -2.47.